The molecule has 1 atom stereocenters. The van der Waals surface area contributed by atoms with Gasteiger partial charge in [-0.05, 0) is 32.0 Å². The number of aromatic nitrogens is 2. The van der Waals surface area contributed by atoms with Crippen LogP contribution in [0.2, 0.25) is 0 Å². The second-order valence-corrected chi connectivity index (χ2v) is 7.95. The first-order chi connectivity index (χ1) is 9.91. The van der Waals surface area contributed by atoms with E-state index in [9.17, 15) is 8.42 Å². The van der Waals surface area contributed by atoms with E-state index in [0.29, 0.717) is 4.90 Å². The molecule has 114 valence electrons. The number of rotatable bonds is 6. The molecule has 1 N–H and O–H groups in total. The lowest BCUT2D eigenvalue weighted by Gasteiger charge is -2.08. The number of hydrogen-bond acceptors (Lipinski definition) is 6. The van der Waals surface area contributed by atoms with Crippen LogP contribution in [-0.4, -0.2) is 31.4 Å². The lowest BCUT2D eigenvalue weighted by atomic mass is 10.2. The summed E-state index contributed by atoms with van der Waals surface area (Å²) in [5.74, 6) is 0. The lowest BCUT2D eigenvalue weighted by molar-refractivity contribution is 0.564. The zero-order valence-corrected chi connectivity index (χ0v) is 14.0. The Labute approximate surface area is 129 Å². The van der Waals surface area contributed by atoms with Crippen molar-refractivity contribution in [3.05, 3.63) is 29.3 Å². The normalized spacial score (nSPS) is 13.3. The van der Waals surface area contributed by atoms with Crippen molar-refractivity contribution in [2.75, 3.05) is 12.8 Å². The first-order valence-electron chi connectivity index (χ1n) is 6.79. The predicted molar refractivity (Wildman–Crippen MR) is 85.2 cm³/mol. The molecule has 0 aliphatic carbocycles. The summed E-state index contributed by atoms with van der Waals surface area (Å²) in [6, 6.07) is 6.96. The Kier molecular flexibility index (Phi) is 5.08. The topological polar surface area (TPSA) is 72.0 Å². The van der Waals surface area contributed by atoms with Gasteiger partial charge in [-0.3, -0.25) is 0 Å². The summed E-state index contributed by atoms with van der Waals surface area (Å²) in [6.07, 6.45) is 2.26. The minimum Gasteiger partial charge on any atom is -0.308 e. The van der Waals surface area contributed by atoms with Gasteiger partial charge in [-0.25, -0.2) is 8.42 Å². The fourth-order valence-corrected chi connectivity index (χ4v) is 3.37. The van der Waals surface area contributed by atoms with E-state index in [0.717, 1.165) is 28.5 Å². The Bertz CT molecular complexity index is 711. The van der Waals surface area contributed by atoms with Crippen LogP contribution in [0.3, 0.4) is 0 Å². The molecule has 0 radical (unpaired) electrons. The van der Waals surface area contributed by atoms with E-state index in [1.165, 1.54) is 17.6 Å². The molecule has 0 amide bonds. The van der Waals surface area contributed by atoms with Gasteiger partial charge in [0.15, 0.2) is 9.84 Å². The van der Waals surface area contributed by atoms with Crippen molar-refractivity contribution in [2.24, 2.45) is 0 Å². The highest BCUT2D eigenvalue weighted by Gasteiger charge is 2.14. The molecule has 0 aliphatic heterocycles. The first-order valence-corrected chi connectivity index (χ1v) is 9.50. The van der Waals surface area contributed by atoms with Crippen LogP contribution in [0, 0.1) is 0 Å². The summed E-state index contributed by atoms with van der Waals surface area (Å²) in [7, 11) is -3.21. The molecule has 0 saturated carbocycles. The highest BCUT2D eigenvalue weighted by molar-refractivity contribution is 7.90. The average molecular weight is 325 g/mol. The van der Waals surface area contributed by atoms with Crippen molar-refractivity contribution < 1.29 is 8.42 Å². The maximum Gasteiger partial charge on any atom is 0.175 e. The highest BCUT2D eigenvalue weighted by Crippen LogP contribution is 2.28. The first kappa shape index (κ1) is 16.1. The van der Waals surface area contributed by atoms with Crippen LogP contribution in [-0.2, 0) is 9.84 Å². The second kappa shape index (κ2) is 6.64. The van der Waals surface area contributed by atoms with E-state index in [-0.39, 0.29) is 6.04 Å². The number of nitrogens with zero attached hydrogens (tertiary/aromatic N) is 2. The highest BCUT2D eigenvalue weighted by atomic mass is 32.2. The molecule has 1 aromatic heterocycles. The van der Waals surface area contributed by atoms with Gasteiger partial charge in [-0.2, -0.15) is 0 Å². The molecular weight excluding hydrogens is 306 g/mol. The Balaban J connectivity index is 2.26. The number of sulfone groups is 1. The van der Waals surface area contributed by atoms with Gasteiger partial charge in [-0.15, -0.1) is 10.2 Å². The molecule has 0 saturated heterocycles. The fourth-order valence-electron chi connectivity index (χ4n) is 1.83. The zero-order chi connectivity index (χ0) is 15.5. The van der Waals surface area contributed by atoms with Gasteiger partial charge in [0.1, 0.15) is 10.0 Å². The minimum atomic E-state index is -3.21. The van der Waals surface area contributed by atoms with Gasteiger partial charge < -0.3 is 5.32 Å². The molecule has 2 rings (SSSR count). The maximum absolute atomic E-state index is 11.6. The van der Waals surface area contributed by atoms with Crippen molar-refractivity contribution in [3.8, 4) is 10.6 Å². The number of nitrogens with one attached hydrogen (secondary N) is 1. The third kappa shape index (κ3) is 4.09. The van der Waals surface area contributed by atoms with Gasteiger partial charge in [0, 0.05) is 11.8 Å². The van der Waals surface area contributed by atoms with Crippen LogP contribution >= 0.6 is 11.3 Å². The Morgan fingerprint density at radius 1 is 1.33 bits per heavy atom. The molecule has 7 heteroatoms. The monoisotopic (exact) mass is 325 g/mol. The van der Waals surface area contributed by atoms with E-state index >= 15 is 0 Å². The van der Waals surface area contributed by atoms with Gasteiger partial charge in [0.2, 0.25) is 0 Å². The van der Waals surface area contributed by atoms with Crippen molar-refractivity contribution in [3.63, 3.8) is 0 Å². The second-order valence-electron chi connectivity index (χ2n) is 4.92. The van der Waals surface area contributed by atoms with Gasteiger partial charge >= 0.3 is 0 Å². The third-order valence-corrected chi connectivity index (χ3v) is 5.29. The minimum absolute atomic E-state index is 0.147. The molecule has 0 aliphatic rings. The third-order valence-electron chi connectivity index (χ3n) is 3.02. The van der Waals surface area contributed by atoms with Crippen LogP contribution in [0.25, 0.3) is 10.6 Å². The molecule has 1 aromatic carbocycles. The largest absolute Gasteiger partial charge is 0.308 e. The smallest absolute Gasteiger partial charge is 0.175 e. The quantitative estimate of drug-likeness (QED) is 0.884. The average Bonchev–Trinajstić information content (AvgIpc) is 2.94. The Hall–Kier alpha value is -1.31. The summed E-state index contributed by atoms with van der Waals surface area (Å²) in [5, 5.41) is 13.4. The predicted octanol–water partition coefficient (Wildman–Crippen LogP) is 2.67. The molecule has 21 heavy (non-hydrogen) atoms. The molecular formula is C14H19N3O2S2. The van der Waals surface area contributed by atoms with Crippen molar-refractivity contribution in [1.82, 2.24) is 15.5 Å². The van der Waals surface area contributed by atoms with Gasteiger partial charge in [0.25, 0.3) is 0 Å². The fraction of sp³-hybridized carbons (Fsp3) is 0.429. The molecule has 1 heterocycles. The lowest BCUT2D eigenvalue weighted by Crippen LogP contribution is -2.18. The van der Waals surface area contributed by atoms with Gasteiger partial charge in [0.05, 0.1) is 10.9 Å². The molecule has 0 bridgehead atoms. The van der Waals surface area contributed by atoms with Crippen LogP contribution < -0.4 is 5.32 Å². The summed E-state index contributed by atoms with van der Waals surface area (Å²) >= 11 is 1.48. The standard InChI is InChI=1S/C14H19N3O2S2/c1-4-8-15-10(2)13-16-17-14(20-13)11-6-5-7-12(9-11)21(3,18)19/h5-7,9-10,15H,4,8H2,1-3H3. The van der Waals surface area contributed by atoms with E-state index in [4.69, 9.17) is 0 Å². The number of hydrogen-bond donors (Lipinski definition) is 1. The summed E-state index contributed by atoms with van der Waals surface area (Å²) < 4.78 is 23.2. The Morgan fingerprint density at radius 3 is 2.76 bits per heavy atom. The van der Waals surface area contributed by atoms with Crippen LogP contribution in [0.5, 0.6) is 0 Å². The SMILES string of the molecule is CCCNC(C)c1nnc(-c2cccc(S(C)(=O)=O)c2)s1. The molecule has 1 unspecified atom stereocenters. The van der Waals surface area contributed by atoms with Crippen LogP contribution in [0.1, 0.15) is 31.3 Å². The van der Waals surface area contributed by atoms with Crippen LogP contribution in [0.4, 0.5) is 0 Å². The van der Waals surface area contributed by atoms with E-state index < -0.39 is 9.84 Å². The van der Waals surface area contributed by atoms with Crippen molar-refractivity contribution in [1.29, 1.82) is 0 Å². The molecule has 0 spiro atoms. The summed E-state index contributed by atoms with van der Waals surface area (Å²) in [5.41, 5.74) is 0.782. The van der Waals surface area contributed by atoms with Crippen LogP contribution in [0.15, 0.2) is 29.2 Å². The summed E-state index contributed by atoms with van der Waals surface area (Å²) in [4.78, 5) is 0.300. The maximum atomic E-state index is 11.6. The molecule has 2 aromatic rings. The zero-order valence-electron chi connectivity index (χ0n) is 12.3. The van der Waals surface area contributed by atoms with Gasteiger partial charge in [-0.1, -0.05) is 30.4 Å². The van der Waals surface area contributed by atoms with E-state index in [1.807, 2.05) is 13.0 Å². The molecule has 5 nitrogen and oxygen atoms in total. The van der Waals surface area contributed by atoms with Crippen molar-refractivity contribution >= 4 is 21.2 Å². The molecule has 0 fully saturated rings. The van der Waals surface area contributed by atoms with Crippen molar-refractivity contribution in [2.45, 2.75) is 31.2 Å². The summed E-state index contributed by atoms with van der Waals surface area (Å²) in [6.45, 7) is 5.09. The number of benzene rings is 1. The van der Waals surface area contributed by atoms with E-state index in [2.05, 4.69) is 22.4 Å². The van der Waals surface area contributed by atoms with E-state index in [1.54, 1.807) is 18.2 Å². The Morgan fingerprint density at radius 2 is 2.10 bits per heavy atom.